The van der Waals surface area contributed by atoms with Crippen LogP contribution in [0.25, 0.3) is 0 Å². The third kappa shape index (κ3) is 4.47. The van der Waals surface area contributed by atoms with Gasteiger partial charge in [-0.05, 0) is 30.0 Å². The van der Waals surface area contributed by atoms with E-state index >= 15 is 0 Å². The Labute approximate surface area is 138 Å². The van der Waals surface area contributed by atoms with Crippen molar-refractivity contribution in [3.8, 4) is 0 Å². The summed E-state index contributed by atoms with van der Waals surface area (Å²) in [6.07, 6.45) is 0.927. The average molecular weight is 317 g/mol. The molecule has 1 aromatic rings. The summed E-state index contributed by atoms with van der Waals surface area (Å²) in [5.41, 5.74) is 1.96. The fourth-order valence-electron chi connectivity index (χ4n) is 2.65. The number of rotatable bonds is 4. The second-order valence-corrected chi connectivity index (χ2v) is 6.29. The summed E-state index contributed by atoms with van der Waals surface area (Å²) in [5.74, 6) is 0.512. The van der Waals surface area contributed by atoms with Crippen LogP contribution in [0.3, 0.4) is 0 Å². The van der Waals surface area contributed by atoms with Gasteiger partial charge in [0.05, 0.1) is 0 Å². The maximum Gasteiger partial charge on any atom is 0.317 e. The average Bonchev–Trinajstić information content (AvgIpc) is 2.59. The fourth-order valence-corrected chi connectivity index (χ4v) is 2.65. The molecule has 23 heavy (non-hydrogen) atoms. The van der Waals surface area contributed by atoms with Crippen molar-refractivity contribution in [2.45, 2.75) is 33.1 Å². The lowest BCUT2D eigenvalue weighted by atomic mass is 10.0. The Balaban J connectivity index is 1.89. The van der Waals surface area contributed by atoms with Crippen LogP contribution < -0.4 is 5.32 Å². The van der Waals surface area contributed by atoms with Crippen molar-refractivity contribution in [2.24, 2.45) is 0 Å². The molecule has 0 atom stereocenters. The maximum absolute atomic E-state index is 12.5. The van der Waals surface area contributed by atoms with Gasteiger partial charge in [-0.25, -0.2) is 4.79 Å². The molecule has 0 unspecified atom stereocenters. The molecule has 0 saturated carbocycles. The Morgan fingerprint density at radius 1 is 1.04 bits per heavy atom. The number of benzene rings is 1. The summed E-state index contributed by atoms with van der Waals surface area (Å²) < 4.78 is 0. The highest BCUT2D eigenvalue weighted by molar-refractivity contribution is 5.94. The number of piperazine rings is 1. The van der Waals surface area contributed by atoms with E-state index in [-0.39, 0.29) is 11.9 Å². The van der Waals surface area contributed by atoms with E-state index in [1.807, 2.05) is 36.1 Å². The van der Waals surface area contributed by atoms with Gasteiger partial charge in [-0.3, -0.25) is 4.79 Å². The van der Waals surface area contributed by atoms with Gasteiger partial charge in [-0.1, -0.05) is 32.9 Å². The van der Waals surface area contributed by atoms with Crippen LogP contribution in [0.4, 0.5) is 4.79 Å². The fraction of sp³-hybridized carbons (Fsp3) is 0.556. The summed E-state index contributed by atoms with van der Waals surface area (Å²) in [4.78, 5) is 28.1. The Morgan fingerprint density at radius 2 is 1.61 bits per heavy atom. The lowest BCUT2D eigenvalue weighted by Gasteiger charge is -2.34. The number of carbonyl (C=O) groups is 2. The van der Waals surface area contributed by atoms with Gasteiger partial charge < -0.3 is 15.1 Å². The molecule has 0 aromatic heterocycles. The number of amides is 3. The third-order valence-corrected chi connectivity index (χ3v) is 4.20. The van der Waals surface area contributed by atoms with Gasteiger partial charge in [0.2, 0.25) is 0 Å². The van der Waals surface area contributed by atoms with Crippen LogP contribution in [0.2, 0.25) is 0 Å². The summed E-state index contributed by atoms with van der Waals surface area (Å²) in [6.45, 7) is 9.35. The lowest BCUT2D eigenvalue weighted by Crippen LogP contribution is -2.53. The molecular formula is C18H27N3O2. The number of nitrogens with one attached hydrogen (secondary N) is 1. The highest BCUT2D eigenvalue weighted by Gasteiger charge is 2.24. The zero-order chi connectivity index (χ0) is 16.8. The van der Waals surface area contributed by atoms with Crippen LogP contribution in [0.15, 0.2) is 24.3 Å². The van der Waals surface area contributed by atoms with Crippen molar-refractivity contribution in [3.05, 3.63) is 35.4 Å². The highest BCUT2D eigenvalue weighted by Crippen LogP contribution is 2.16. The van der Waals surface area contributed by atoms with Crippen LogP contribution >= 0.6 is 0 Å². The number of nitrogens with zero attached hydrogens (tertiary/aromatic N) is 2. The van der Waals surface area contributed by atoms with E-state index in [0.29, 0.717) is 38.6 Å². The van der Waals surface area contributed by atoms with Crippen LogP contribution in [-0.4, -0.2) is 54.5 Å². The van der Waals surface area contributed by atoms with Gasteiger partial charge >= 0.3 is 6.03 Å². The van der Waals surface area contributed by atoms with Crippen molar-refractivity contribution < 1.29 is 9.59 Å². The number of urea groups is 1. The summed E-state index contributed by atoms with van der Waals surface area (Å²) >= 11 is 0. The number of hydrogen-bond acceptors (Lipinski definition) is 2. The van der Waals surface area contributed by atoms with Crippen molar-refractivity contribution in [3.63, 3.8) is 0 Å². The Bertz CT molecular complexity index is 532. The molecule has 2 rings (SSSR count). The molecule has 1 aliphatic heterocycles. The second-order valence-electron chi connectivity index (χ2n) is 6.29. The Morgan fingerprint density at radius 3 is 2.13 bits per heavy atom. The monoisotopic (exact) mass is 317 g/mol. The molecule has 5 heteroatoms. The zero-order valence-electron chi connectivity index (χ0n) is 14.3. The highest BCUT2D eigenvalue weighted by atomic mass is 16.2. The van der Waals surface area contributed by atoms with Gasteiger partial charge in [0, 0.05) is 38.3 Å². The smallest absolute Gasteiger partial charge is 0.317 e. The van der Waals surface area contributed by atoms with Crippen LogP contribution in [0.1, 0.15) is 49.0 Å². The predicted molar refractivity (Wildman–Crippen MR) is 91.7 cm³/mol. The van der Waals surface area contributed by atoms with Gasteiger partial charge in [0.25, 0.3) is 5.91 Å². The van der Waals surface area contributed by atoms with Gasteiger partial charge in [0.15, 0.2) is 0 Å². The normalized spacial score (nSPS) is 15.0. The molecule has 5 nitrogen and oxygen atoms in total. The summed E-state index contributed by atoms with van der Waals surface area (Å²) in [7, 11) is 0. The maximum atomic E-state index is 12.5. The van der Waals surface area contributed by atoms with E-state index in [9.17, 15) is 9.59 Å². The first-order valence-electron chi connectivity index (χ1n) is 8.45. The summed E-state index contributed by atoms with van der Waals surface area (Å²) in [5, 5.41) is 2.88. The van der Waals surface area contributed by atoms with E-state index in [1.54, 1.807) is 4.90 Å². The third-order valence-electron chi connectivity index (χ3n) is 4.20. The molecule has 0 bridgehead atoms. The Kier molecular flexibility index (Phi) is 6.02. The van der Waals surface area contributed by atoms with Crippen LogP contribution in [0, 0.1) is 0 Å². The van der Waals surface area contributed by atoms with Crippen LogP contribution in [-0.2, 0) is 0 Å². The number of carbonyl (C=O) groups excluding carboxylic acids is 2. The molecule has 1 heterocycles. The minimum atomic E-state index is -0.0276. The van der Waals surface area contributed by atoms with Gasteiger partial charge in [-0.15, -0.1) is 0 Å². The van der Waals surface area contributed by atoms with Gasteiger partial charge in [-0.2, -0.15) is 0 Å². The molecule has 0 aliphatic carbocycles. The van der Waals surface area contributed by atoms with E-state index in [1.165, 1.54) is 5.56 Å². The molecule has 126 valence electrons. The number of hydrogen-bond donors (Lipinski definition) is 1. The van der Waals surface area contributed by atoms with Crippen molar-refractivity contribution in [1.82, 2.24) is 15.1 Å². The first kappa shape index (κ1) is 17.3. The van der Waals surface area contributed by atoms with E-state index in [0.717, 1.165) is 12.0 Å². The first-order valence-corrected chi connectivity index (χ1v) is 8.45. The molecule has 0 spiro atoms. The lowest BCUT2D eigenvalue weighted by molar-refractivity contribution is 0.0665. The van der Waals surface area contributed by atoms with E-state index < -0.39 is 0 Å². The first-order chi connectivity index (χ1) is 11.0. The Hall–Kier alpha value is -2.04. The molecular weight excluding hydrogens is 290 g/mol. The molecule has 1 aliphatic rings. The molecule has 1 fully saturated rings. The largest absolute Gasteiger partial charge is 0.338 e. The molecule has 1 saturated heterocycles. The molecule has 0 radical (unpaired) electrons. The quantitative estimate of drug-likeness (QED) is 0.928. The van der Waals surface area contributed by atoms with Gasteiger partial charge in [0.1, 0.15) is 0 Å². The molecule has 3 amide bonds. The van der Waals surface area contributed by atoms with Crippen molar-refractivity contribution >= 4 is 11.9 Å². The van der Waals surface area contributed by atoms with E-state index in [2.05, 4.69) is 19.2 Å². The second kappa shape index (κ2) is 7.99. The topological polar surface area (TPSA) is 52.7 Å². The zero-order valence-corrected chi connectivity index (χ0v) is 14.3. The molecule has 1 aromatic carbocycles. The van der Waals surface area contributed by atoms with E-state index in [4.69, 9.17) is 0 Å². The predicted octanol–water partition coefficient (Wildman–Crippen LogP) is 2.69. The minimum absolute atomic E-state index is 0.0276. The SMILES string of the molecule is CCCNC(=O)N1CCN(C(=O)c2ccc(C(C)C)cc2)CC1. The standard InChI is InChI=1S/C18H27N3O2/c1-4-9-19-18(23)21-12-10-20(11-13-21)17(22)16-7-5-15(6-8-16)14(2)3/h5-8,14H,4,9-13H2,1-3H3,(H,19,23). The minimum Gasteiger partial charge on any atom is -0.338 e. The van der Waals surface area contributed by atoms with Crippen molar-refractivity contribution in [2.75, 3.05) is 32.7 Å². The van der Waals surface area contributed by atoms with Crippen molar-refractivity contribution in [1.29, 1.82) is 0 Å². The molecule has 1 N–H and O–H groups in total. The summed E-state index contributed by atoms with van der Waals surface area (Å²) in [6, 6.07) is 7.81. The van der Waals surface area contributed by atoms with Crippen LogP contribution in [0.5, 0.6) is 0 Å².